The molecule has 2 bridgehead atoms. The molecule has 0 atom stereocenters. The van der Waals surface area contributed by atoms with Crippen molar-refractivity contribution >= 4 is 23.5 Å². The number of fused-ring (bicyclic) bond motifs is 2. The normalized spacial score (nSPS) is 16.6. The van der Waals surface area contributed by atoms with Crippen LogP contribution < -0.4 is 16.0 Å². The highest BCUT2D eigenvalue weighted by Gasteiger charge is 2.15. The largest absolute Gasteiger partial charge is 0.369 e. The molecule has 0 radical (unpaired) electrons. The molecule has 33 heavy (non-hydrogen) atoms. The molecule has 0 fully saturated rings. The number of nitrogens with one attached hydrogen (secondary N) is 3. The maximum absolute atomic E-state index is 13.1. The summed E-state index contributed by atoms with van der Waals surface area (Å²) in [5.74, 6) is 0.752. The summed E-state index contributed by atoms with van der Waals surface area (Å²) < 4.78 is 13.1. The van der Waals surface area contributed by atoms with Crippen LogP contribution in [0.2, 0.25) is 0 Å². The van der Waals surface area contributed by atoms with Crippen molar-refractivity contribution in [2.75, 3.05) is 23.7 Å². The Kier molecular flexibility index (Phi) is 10.1. The van der Waals surface area contributed by atoms with E-state index in [1.165, 1.54) is 18.3 Å². The second kappa shape index (κ2) is 13.5. The number of aromatic nitrogens is 2. The number of hydrogen-bond acceptors (Lipinski definition) is 6. The summed E-state index contributed by atoms with van der Waals surface area (Å²) >= 11 is 0. The molecular weight excluding hydrogens is 421 g/mol. The lowest BCUT2D eigenvalue weighted by Gasteiger charge is -2.13. The number of ketones is 1. The first-order chi connectivity index (χ1) is 16.1. The third-order valence-electron chi connectivity index (χ3n) is 5.74. The SMILES string of the molecule is O=C1CCCCCCCNc2ncc(C(=O)NCc3ccc(F)cc3)c(n2)NCCCCC1. The van der Waals surface area contributed by atoms with Crippen molar-refractivity contribution in [1.29, 1.82) is 0 Å². The van der Waals surface area contributed by atoms with Crippen molar-refractivity contribution in [3.8, 4) is 0 Å². The lowest BCUT2D eigenvalue weighted by atomic mass is 10.0. The zero-order chi connectivity index (χ0) is 23.3. The molecule has 3 rings (SSSR count). The van der Waals surface area contributed by atoms with Gasteiger partial charge < -0.3 is 16.0 Å². The van der Waals surface area contributed by atoms with Crippen LogP contribution in [0.25, 0.3) is 0 Å². The van der Waals surface area contributed by atoms with Crippen LogP contribution in [0.4, 0.5) is 16.2 Å². The fourth-order valence-electron chi connectivity index (χ4n) is 3.78. The van der Waals surface area contributed by atoms with Gasteiger partial charge in [-0.15, -0.1) is 0 Å². The first-order valence-electron chi connectivity index (χ1n) is 12.0. The van der Waals surface area contributed by atoms with Crippen molar-refractivity contribution in [2.24, 2.45) is 0 Å². The minimum Gasteiger partial charge on any atom is -0.369 e. The number of Topliss-reactive ketones (excluding diaryl/α,β-unsaturated/α-hetero) is 1. The highest BCUT2D eigenvalue weighted by Crippen LogP contribution is 2.16. The van der Waals surface area contributed by atoms with Crippen molar-refractivity contribution < 1.29 is 14.0 Å². The summed E-state index contributed by atoms with van der Waals surface area (Å²) in [4.78, 5) is 33.7. The summed E-state index contributed by atoms with van der Waals surface area (Å²) in [6.07, 6.45) is 10.9. The minimum absolute atomic E-state index is 0.284. The van der Waals surface area contributed by atoms with Crippen molar-refractivity contribution in [2.45, 2.75) is 70.8 Å². The molecule has 1 aromatic carbocycles. The number of carbonyl (C=O) groups excluding carboxylic acids is 2. The average Bonchev–Trinajstić information content (AvgIpc) is 2.82. The Hall–Kier alpha value is -3.03. The van der Waals surface area contributed by atoms with Crippen LogP contribution in [0.5, 0.6) is 0 Å². The predicted octanol–water partition coefficient (Wildman–Crippen LogP) is 4.85. The summed E-state index contributed by atoms with van der Waals surface area (Å²) in [5, 5.41) is 9.36. The second-order valence-electron chi connectivity index (χ2n) is 8.49. The van der Waals surface area contributed by atoms with Crippen LogP contribution in [-0.2, 0) is 11.3 Å². The van der Waals surface area contributed by atoms with Crippen molar-refractivity contribution in [3.05, 3.63) is 47.4 Å². The van der Waals surface area contributed by atoms with Gasteiger partial charge in [0.2, 0.25) is 5.95 Å². The number of rotatable bonds is 3. The van der Waals surface area contributed by atoms with Gasteiger partial charge in [0.05, 0.1) is 0 Å². The van der Waals surface area contributed by atoms with Crippen LogP contribution in [0.3, 0.4) is 0 Å². The lowest BCUT2D eigenvalue weighted by Crippen LogP contribution is -2.25. The van der Waals surface area contributed by atoms with E-state index < -0.39 is 0 Å². The molecule has 0 unspecified atom stereocenters. The van der Waals surface area contributed by atoms with Gasteiger partial charge >= 0.3 is 0 Å². The number of anilines is 2. The fourth-order valence-corrected chi connectivity index (χ4v) is 3.78. The molecule has 1 aliphatic rings. The molecule has 8 heteroatoms. The molecule has 0 saturated heterocycles. The topological polar surface area (TPSA) is 96.0 Å². The standard InChI is InChI=1S/C25H34FN5O2/c26-20-13-11-19(12-14-20)17-29-24(33)22-18-30-25-28-16-7-3-1-2-5-9-21(32)10-6-4-8-15-27-23(22)31-25/h11-14,18H,1-10,15-17H2,(H,29,33)(H2,27,28,30,31). The van der Waals surface area contributed by atoms with E-state index in [-0.39, 0.29) is 18.3 Å². The van der Waals surface area contributed by atoms with Crippen LogP contribution in [0.15, 0.2) is 30.5 Å². The van der Waals surface area contributed by atoms with Crippen molar-refractivity contribution in [1.82, 2.24) is 15.3 Å². The first kappa shape index (κ1) is 24.6. The maximum Gasteiger partial charge on any atom is 0.256 e. The van der Waals surface area contributed by atoms with E-state index in [4.69, 9.17) is 0 Å². The molecule has 7 nitrogen and oxygen atoms in total. The summed E-state index contributed by atoms with van der Waals surface area (Å²) in [5.41, 5.74) is 1.17. The van der Waals surface area contributed by atoms with Gasteiger partial charge in [0.1, 0.15) is 23.0 Å². The Labute approximate surface area is 195 Å². The smallest absolute Gasteiger partial charge is 0.256 e. The van der Waals surface area contributed by atoms with Gasteiger partial charge in [0.25, 0.3) is 5.91 Å². The first-order valence-corrected chi connectivity index (χ1v) is 12.0. The van der Waals surface area contributed by atoms with Gasteiger partial charge in [0.15, 0.2) is 0 Å². The van der Waals surface area contributed by atoms with Gasteiger partial charge in [-0.3, -0.25) is 9.59 Å². The second-order valence-corrected chi connectivity index (χ2v) is 8.49. The van der Waals surface area contributed by atoms with E-state index in [0.29, 0.717) is 42.5 Å². The highest BCUT2D eigenvalue weighted by atomic mass is 19.1. The van der Waals surface area contributed by atoms with Gasteiger partial charge in [-0.2, -0.15) is 4.98 Å². The Morgan fingerprint density at radius 3 is 2.30 bits per heavy atom. The van der Waals surface area contributed by atoms with E-state index in [1.807, 2.05) is 0 Å². The minimum atomic E-state index is -0.311. The summed E-state index contributed by atoms with van der Waals surface area (Å²) in [6.45, 7) is 1.70. The molecule has 0 aliphatic carbocycles. The molecular formula is C25H34FN5O2. The number of benzene rings is 1. The molecule has 1 amide bonds. The van der Waals surface area contributed by atoms with Gasteiger partial charge in [-0.1, -0.05) is 37.8 Å². The molecule has 0 spiro atoms. The van der Waals surface area contributed by atoms with Gasteiger partial charge in [-0.05, 0) is 43.4 Å². The third kappa shape index (κ3) is 8.79. The van der Waals surface area contributed by atoms with Gasteiger partial charge in [0, 0.05) is 38.7 Å². The van der Waals surface area contributed by atoms with E-state index >= 15 is 0 Å². The fraction of sp³-hybridized carbons (Fsp3) is 0.520. The maximum atomic E-state index is 13.1. The number of hydrogen-bond donors (Lipinski definition) is 3. The highest BCUT2D eigenvalue weighted by molar-refractivity contribution is 5.98. The number of amides is 1. The third-order valence-corrected chi connectivity index (χ3v) is 5.74. The summed E-state index contributed by atoms with van der Waals surface area (Å²) in [6, 6.07) is 6.02. The van der Waals surface area contributed by atoms with Crippen LogP contribution >= 0.6 is 0 Å². The van der Waals surface area contributed by atoms with Crippen LogP contribution in [-0.4, -0.2) is 34.7 Å². The van der Waals surface area contributed by atoms with Gasteiger partial charge in [-0.25, -0.2) is 9.37 Å². The molecule has 1 aromatic heterocycles. The number of halogens is 1. The molecule has 3 N–H and O–H groups in total. The number of nitrogens with zero attached hydrogens (tertiary/aromatic N) is 2. The zero-order valence-corrected chi connectivity index (χ0v) is 19.2. The Bertz CT molecular complexity index is 904. The summed E-state index contributed by atoms with van der Waals surface area (Å²) in [7, 11) is 0. The lowest BCUT2D eigenvalue weighted by molar-refractivity contribution is -0.119. The molecule has 2 aromatic rings. The Balaban J connectivity index is 1.63. The van der Waals surface area contributed by atoms with Crippen LogP contribution in [0, 0.1) is 5.82 Å². The Morgan fingerprint density at radius 2 is 1.55 bits per heavy atom. The Morgan fingerprint density at radius 1 is 0.909 bits per heavy atom. The molecule has 178 valence electrons. The molecule has 2 heterocycles. The van der Waals surface area contributed by atoms with Crippen molar-refractivity contribution in [3.63, 3.8) is 0 Å². The van der Waals surface area contributed by atoms with E-state index in [9.17, 15) is 14.0 Å². The van der Waals surface area contributed by atoms with E-state index in [1.54, 1.807) is 12.1 Å². The quantitative estimate of drug-likeness (QED) is 0.612. The predicted molar refractivity (Wildman–Crippen MR) is 128 cm³/mol. The number of carbonyl (C=O) groups is 2. The molecule has 0 saturated carbocycles. The van der Waals surface area contributed by atoms with E-state index in [0.717, 1.165) is 63.5 Å². The molecule has 1 aliphatic heterocycles. The zero-order valence-electron chi connectivity index (χ0n) is 19.2. The average molecular weight is 456 g/mol. The monoisotopic (exact) mass is 455 g/mol. The van der Waals surface area contributed by atoms with Crippen LogP contribution in [0.1, 0.15) is 80.1 Å². The van der Waals surface area contributed by atoms with E-state index in [2.05, 4.69) is 25.9 Å².